The minimum Gasteiger partial charge on any atom is -0.435 e. The molecule has 0 aliphatic carbocycles. The number of carbonyl (C=O) groups excluding carboxylic acids is 1. The zero-order chi connectivity index (χ0) is 25.3. The lowest BCUT2D eigenvalue weighted by Crippen LogP contribution is -2.19. The molecule has 0 aliphatic rings. The van der Waals surface area contributed by atoms with Crippen LogP contribution in [0.1, 0.15) is 76.3 Å². The zero-order valence-corrected chi connectivity index (χ0v) is 21.3. The quantitative estimate of drug-likeness (QED) is 0.444. The van der Waals surface area contributed by atoms with Crippen LogP contribution in [0.4, 0.5) is 23.7 Å². The number of halogens is 3. The highest BCUT2D eigenvalue weighted by molar-refractivity contribution is 7.93. The number of benzene rings is 1. The average molecular weight is 506 g/mol. The summed E-state index contributed by atoms with van der Waals surface area (Å²) in [5, 5.41) is 8.37. The molecule has 2 amide bonds. The van der Waals surface area contributed by atoms with Crippen LogP contribution in [-0.2, 0) is 15.3 Å². The van der Waals surface area contributed by atoms with E-state index in [2.05, 4.69) is 14.4 Å². The van der Waals surface area contributed by atoms with Crippen LogP contribution >= 0.6 is 11.3 Å². The average Bonchev–Trinajstić information content (AvgIpc) is 3.04. The number of carbonyl (C=O) groups is 1. The summed E-state index contributed by atoms with van der Waals surface area (Å²) in [4.78, 5) is 13.3. The number of urea groups is 1. The third-order valence-electron chi connectivity index (χ3n) is 4.75. The molecule has 0 aliphatic heterocycles. The molecule has 0 bridgehead atoms. The molecule has 1 aromatic heterocycles. The largest absolute Gasteiger partial charge is 0.435 e. The fraction of sp³-hybridized carbons (Fsp3) is 0.500. The van der Waals surface area contributed by atoms with Crippen molar-refractivity contribution in [3.05, 3.63) is 40.0 Å². The number of rotatable bonds is 6. The summed E-state index contributed by atoms with van der Waals surface area (Å²) in [5.41, 5.74) is 0.997. The molecule has 0 saturated carbocycles. The van der Waals surface area contributed by atoms with E-state index in [0.717, 1.165) is 11.3 Å². The van der Waals surface area contributed by atoms with E-state index < -0.39 is 33.8 Å². The van der Waals surface area contributed by atoms with Crippen molar-refractivity contribution in [2.45, 2.75) is 76.5 Å². The Labute approximate surface area is 197 Å². The van der Waals surface area contributed by atoms with Crippen molar-refractivity contribution < 1.29 is 26.9 Å². The van der Waals surface area contributed by atoms with Gasteiger partial charge in [0.15, 0.2) is 19.9 Å². The molecule has 0 saturated heterocycles. The number of hydrogen-bond donors (Lipinski definition) is 2. The van der Waals surface area contributed by atoms with Gasteiger partial charge in [0.1, 0.15) is 5.75 Å². The summed E-state index contributed by atoms with van der Waals surface area (Å²) in [6.07, 6.45) is 0. The second kappa shape index (κ2) is 10.0. The summed E-state index contributed by atoms with van der Waals surface area (Å²) in [7, 11) is -3.86. The summed E-state index contributed by atoms with van der Waals surface area (Å²) in [5.74, 6) is -1.17. The Hall–Kier alpha value is -2.11. The van der Waals surface area contributed by atoms with E-state index >= 15 is 0 Å². The number of thiophene rings is 1. The summed E-state index contributed by atoms with van der Waals surface area (Å²) < 4.78 is 60.8. The van der Waals surface area contributed by atoms with Crippen molar-refractivity contribution in [2.24, 2.45) is 9.50 Å². The number of amides is 2. The Kier molecular flexibility index (Phi) is 8.24. The molecule has 11 heteroatoms. The lowest BCUT2D eigenvalue weighted by atomic mass is 9.92. The molecule has 33 heavy (non-hydrogen) atoms. The highest BCUT2D eigenvalue weighted by atomic mass is 32.2. The first kappa shape index (κ1) is 27.1. The molecule has 0 unspecified atom stereocenters. The molecule has 0 spiro atoms. The number of ether oxygens (including phenoxy) is 1. The third kappa shape index (κ3) is 6.70. The predicted molar refractivity (Wildman–Crippen MR) is 126 cm³/mol. The third-order valence-corrected chi connectivity index (χ3v) is 8.21. The maximum atomic E-state index is 14.5. The molecule has 0 radical (unpaired) electrons. The Morgan fingerprint density at radius 2 is 1.64 bits per heavy atom. The summed E-state index contributed by atoms with van der Waals surface area (Å²) in [6.45, 7) is 9.88. The van der Waals surface area contributed by atoms with Crippen LogP contribution in [0.15, 0.2) is 26.8 Å². The number of alkyl halides is 2. The number of hydrogen-bond acceptors (Lipinski definition) is 4. The van der Waals surface area contributed by atoms with Crippen molar-refractivity contribution >= 4 is 33.0 Å². The van der Waals surface area contributed by atoms with Crippen LogP contribution in [0, 0.1) is 5.82 Å². The predicted octanol–water partition coefficient (Wildman–Crippen LogP) is 6.97. The Balaban J connectivity index is 2.52. The van der Waals surface area contributed by atoms with Crippen LogP contribution in [0.2, 0.25) is 0 Å². The minimum atomic E-state index is -3.86. The minimum absolute atomic E-state index is 0.0367. The first-order valence-corrected chi connectivity index (χ1v) is 12.7. The molecule has 1 aromatic carbocycles. The lowest BCUT2D eigenvalue weighted by molar-refractivity contribution is -0.0499. The SMILES string of the molecule is CC(C)c1cc(OC(F)F)cc(C(C)C)c1NC(=O)N=[S@](N)(=O)c1sc(C(C)(C)C)cc1F. The maximum absolute atomic E-state index is 14.5. The van der Waals surface area contributed by atoms with E-state index in [1.807, 2.05) is 48.5 Å². The Morgan fingerprint density at radius 1 is 1.12 bits per heavy atom. The normalized spacial score (nSPS) is 14.0. The smallest absolute Gasteiger partial charge is 0.387 e. The first-order chi connectivity index (χ1) is 15.0. The molecule has 1 heterocycles. The monoisotopic (exact) mass is 505 g/mol. The second-order valence-electron chi connectivity index (χ2n) is 9.25. The number of anilines is 1. The van der Waals surface area contributed by atoms with E-state index in [9.17, 15) is 22.2 Å². The van der Waals surface area contributed by atoms with Gasteiger partial charge in [-0.05, 0) is 46.6 Å². The second-order valence-corrected chi connectivity index (χ2v) is 12.3. The molecule has 184 valence electrons. The standard InChI is InChI=1S/C22H30F3N3O3S2/c1-11(2)14-8-13(31-20(24)25)9-15(12(3)4)18(14)27-21(29)28-33(26,30)19-16(23)10-17(32-19)22(5,6)7/h8-12,20H,1-7H3,(H3,26,27,28,29,30)/t33-/m0/s1. The lowest BCUT2D eigenvalue weighted by Gasteiger charge is -2.21. The van der Waals surface area contributed by atoms with Crippen molar-refractivity contribution in [1.82, 2.24) is 0 Å². The Bertz CT molecular complexity index is 1120. The van der Waals surface area contributed by atoms with Gasteiger partial charge in [-0.1, -0.05) is 48.5 Å². The Morgan fingerprint density at radius 3 is 2.03 bits per heavy atom. The van der Waals surface area contributed by atoms with Crippen molar-refractivity contribution in [2.75, 3.05) is 5.32 Å². The van der Waals surface area contributed by atoms with Gasteiger partial charge in [0.05, 0.1) is 0 Å². The fourth-order valence-corrected chi connectivity index (χ4v) is 5.50. The van der Waals surface area contributed by atoms with Crippen molar-refractivity contribution in [3.8, 4) is 5.75 Å². The van der Waals surface area contributed by atoms with Gasteiger partial charge in [-0.3, -0.25) is 0 Å². The molecule has 2 aromatic rings. The van der Waals surface area contributed by atoms with Gasteiger partial charge in [-0.15, -0.1) is 15.7 Å². The van der Waals surface area contributed by atoms with Gasteiger partial charge >= 0.3 is 12.6 Å². The van der Waals surface area contributed by atoms with Gasteiger partial charge < -0.3 is 10.1 Å². The molecular weight excluding hydrogens is 475 g/mol. The summed E-state index contributed by atoms with van der Waals surface area (Å²) in [6, 6.07) is 3.04. The van der Waals surface area contributed by atoms with Gasteiger partial charge in [-0.2, -0.15) is 8.78 Å². The van der Waals surface area contributed by atoms with Crippen LogP contribution in [-0.4, -0.2) is 16.9 Å². The number of nitrogens with zero attached hydrogens (tertiary/aromatic N) is 1. The van der Waals surface area contributed by atoms with Crippen LogP contribution in [0.5, 0.6) is 5.75 Å². The molecule has 6 nitrogen and oxygen atoms in total. The van der Waals surface area contributed by atoms with E-state index in [4.69, 9.17) is 5.14 Å². The van der Waals surface area contributed by atoms with Crippen LogP contribution in [0.3, 0.4) is 0 Å². The van der Waals surface area contributed by atoms with Gasteiger partial charge in [0.25, 0.3) is 0 Å². The fourth-order valence-electron chi connectivity index (χ4n) is 3.10. The van der Waals surface area contributed by atoms with Gasteiger partial charge in [0, 0.05) is 10.6 Å². The maximum Gasteiger partial charge on any atom is 0.387 e. The van der Waals surface area contributed by atoms with E-state index in [0.29, 0.717) is 21.7 Å². The van der Waals surface area contributed by atoms with Crippen molar-refractivity contribution in [1.29, 1.82) is 0 Å². The van der Waals surface area contributed by atoms with Crippen LogP contribution in [0.25, 0.3) is 0 Å². The van der Waals surface area contributed by atoms with E-state index in [1.54, 1.807) is 0 Å². The topological polar surface area (TPSA) is 93.8 Å². The van der Waals surface area contributed by atoms with Gasteiger partial charge in [0.2, 0.25) is 0 Å². The van der Waals surface area contributed by atoms with E-state index in [1.165, 1.54) is 18.2 Å². The first-order valence-electron chi connectivity index (χ1n) is 10.3. The zero-order valence-electron chi connectivity index (χ0n) is 19.7. The van der Waals surface area contributed by atoms with Crippen LogP contribution < -0.4 is 15.2 Å². The molecular formula is C22H30F3N3O3S2. The number of nitrogens with two attached hydrogens (primary N) is 1. The molecule has 0 fully saturated rings. The molecule has 2 rings (SSSR count). The number of nitrogens with one attached hydrogen (secondary N) is 1. The molecule has 1 atom stereocenters. The van der Waals surface area contributed by atoms with Gasteiger partial charge in [-0.25, -0.2) is 18.5 Å². The highest BCUT2D eigenvalue weighted by Crippen LogP contribution is 2.38. The van der Waals surface area contributed by atoms with Crippen molar-refractivity contribution in [3.63, 3.8) is 0 Å². The summed E-state index contributed by atoms with van der Waals surface area (Å²) >= 11 is 0.909. The highest BCUT2D eigenvalue weighted by Gasteiger charge is 2.26. The molecule has 3 N–H and O–H groups in total. The van der Waals surface area contributed by atoms with E-state index in [-0.39, 0.29) is 21.8 Å².